The van der Waals surface area contributed by atoms with Crippen molar-refractivity contribution in [2.45, 2.75) is 71.9 Å². The summed E-state index contributed by atoms with van der Waals surface area (Å²) in [7, 11) is 0. The molecule has 1 aliphatic rings. The number of rotatable bonds is 7. The van der Waals surface area contributed by atoms with Crippen molar-refractivity contribution < 1.29 is 4.74 Å². The van der Waals surface area contributed by atoms with Gasteiger partial charge in [-0.2, -0.15) is 5.10 Å². The number of hydrogen-bond acceptors (Lipinski definition) is 2. The van der Waals surface area contributed by atoms with Gasteiger partial charge in [-0.05, 0) is 43.2 Å². The summed E-state index contributed by atoms with van der Waals surface area (Å²) in [6, 6.07) is 10.6. The molecular weight excluding hydrogens is 332 g/mol. The number of hydrogen-bond donors (Lipinski definition) is 0. The molecule has 0 aliphatic heterocycles. The van der Waals surface area contributed by atoms with E-state index in [9.17, 15) is 0 Å². The van der Waals surface area contributed by atoms with Crippen molar-refractivity contribution in [3.8, 4) is 5.88 Å². The molecule has 4 heteroatoms. The van der Waals surface area contributed by atoms with Crippen molar-refractivity contribution in [3.05, 3.63) is 47.2 Å². The van der Waals surface area contributed by atoms with Gasteiger partial charge in [0.05, 0.1) is 5.69 Å². The minimum absolute atomic E-state index is 0. The van der Waals surface area contributed by atoms with E-state index >= 15 is 0 Å². The Bertz CT molecular complexity index is 647. The third-order valence-electron chi connectivity index (χ3n) is 5.09. The van der Waals surface area contributed by atoms with E-state index in [0.717, 1.165) is 36.9 Å². The van der Waals surface area contributed by atoms with Crippen LogP contribution in [0.1, 0.15) is 62.3 Å². The molecule has 0 bridgehead atoms. The summed E-state index contributed by atoms with van der Waals surface area (Å²) in [6.07, 6.45) is 8.95. The van der Waals surface area contributed by atoms with Gasteiger partial charge in [0.2, 0.25) is 5.88 Å². The number of aromatic nitrogens is 2. The Hall–Kier alpha value is -1.48. The fourth-order valence-corrected chi connectivity index (χ4v) is 3.61. The Balaban J connectivity index is 0.00000225. The van der Waals surface area contributed by atoms with E-state index in [1.54, 1.807) is 0 Å². The fraction of sp³-hybridized carbons (Fsp3) is 0.571. The van der Waals surface area contributed by atoms with Gasteiger partial charge in [0, 0.05) is 12.6 Å². The number of benzene rings is 1. The minimum atomic E-state index is 0. The summed E-state index contributed by atoms with van der Waals surface area (Å²) in [5.74, 6) is 1.70. The molecule has 1 aromatic carbocycles. The average Bonchev–Trinajstić information content (AvgIpc) is 2.97. The monoisotopic (exact) mass is 362 g/mol. The largest absolute Gasteiger partial charge is 0.473 e. The van der Waals surface area contributed by atoms with E-state index in [4.69, 9.17) is 9.84 Å². The molecule has 1 fully saturated rings. The smallest absolute Gasteiger partial charge is 0.212 e. The summed E-state index contributed by atoms with van der Waals surface area (Å²) >= 11 is 0. The molecule has 2 aromatic rings. The van der Waals surface area contributed by atoms with Crippen molar-refractivity contribution in [1.82, 2.24) is 9.78 Å². The maximum atomic E-state index is 6.17. The van der Waals surface area contributed by atoms with Gasteiger partial charge in [-0.15, -0.1) is 12.4 Å². The van der Waals surface area contributed by atoms with Crippen LogP contribution in [0.4, 0.5) is 0 Å². The Morgan fingerprint density at radius 2 is 1.92 bits per heavy atom. The van der Waals surface area contributed by atoms with E-state index in [1.165, 1.54) is 43.2 Å². The molecular formula is C21H31ClN2O. The van der Waals surface area contributed by atoms with Crippen molar-refractivity contribution in [2.24, 2.45) is 5.92 Å². The fourth-order valence-electron chi connectivity index (χ4n) is 3.61. The van der Waals surface area contributed by atoms with Gasteiger partial charge in [-0.3, -0.25) is 0 Å². The highest BCUT2D eigenvalue weighted by Gasteiger charge is 2.17. The number of nitrogens with zero attached hydrogens (tertiary/aromatic N) is 2. The normalized spacial score (nSPS) is 15.0. The van der Waals surface area contributed by atoms with Crippen LogP contribution in [0.3, 0.4) is 0 Å². The molecule has 1 saturated carbocycles. The van der Waals surface area contributed by atoms with Crippen LogP contribution in [0.2, 0.25) is 0 Å². The molecule has 25 heavy (non-hydrogen) atoms. The van der Waals surface area contributed by atoms with Crippen LogP contribution in [0.5, 0.6) is 5.88 Å². The molecule has 0 radical (unpaired) electrons. The molecule has 1 aromatic heterocycles. The first-order chi connectivity index (χ1) is 11.8. The first-order valence-corrected chi connectivity index (χ1v) is 9.50. The lowest BCUT2D eigenvalue weighted by atomic mass is 9.89. The van der Waals surface area contributed by atoms with Crippen LogP contribution in [0.15, 0.2) is 30.3 Å². The first kappa shape index (κ1) is 19.8. The highest BCUT2D eigenvalue weighted by atomic mass is 35.5. The van der Waals surface area contributed by atoms with E-state index in [1.807, 2.05) is 0 Å². The molecule has 0 saturated heterocycles. The highest BCUT2D eigenvalue weighted by molar-refractivity contribution is 5.85. The number of halogens is 1. The second kappa shape index (κ2) is 9.86. The predicted octanol–water partition coefficient (Wildman–Crippen LogP) is 5.73. The maximum absolute atomic E-state index is 6.17. The molecule has 0 atom stereocenters. The van der Waals surface area contributed by atoms with Crippen molar-refractivity contribution in [3.63, 3.8) is 0 Å². The Labute approximate surface area is 158 Å². The number of aryl methyl sites for hydroxylation is 2. The molecule has 0 amide bonds. The topological polar surface area (TPSA) is 27.1 Å². The zero-order valence-corrected chi connectivity index (χ0v) is 16.4. The Morgan fingerprint density at radius 1 is 1.16 bits per heavy atom. The summed E-state index contributed by atoms with van der Waals surface area (Å²) < 4.78 is 8.30. The van der Waals surface area contributed by atoms with Crippen LogP contribution >= 0.6 is 12.4 Å². The summed E-state index contributed by atoms with van der Waals surface area (Å²) in [4.78, 5) is 0. The summed E-state index contributed by atoms with van der Waals surface area (Å²) in [6.45, 7) is 5.97. The molecule has 0 N–H and O–H groups in total. The van der Waals surface area contributed by atoms with E-state index in [2.05, 4.69) is 48.9 Å². The second-order valence-corrected chi connectivity index (χ2v) is 7.13. The van der Waals surface area contributed by atoms with Gasteiger partial charge in [-0.25, -0.2) is 4.68 Å². The quantitative estimate of drug-likeness (QED) is 0.629. The Morgan fingerprint density at radius 3 is 2.64 bits per heavy atom. The highest BCUT2D eigenvalue weighted by Crippen LogP contribution is 2.27. The predicted molar refractivity (Wildman–Crippen MR) is 106 cm³/mol. The molecule has 1 aliphatic carbocycles. The van der Waals surface area contributed by atoms with Crippen LogP contribution < -0.4 is 4.74 Å². The number of ether oxygens (including phenoxy) is 1. The summed E-state index contributed by atoms with van der Waals surface area (Å²) in [5.41, 5.74) is 3.69. The lowest BCUT2D eigenvalue weighted by Crippen LogP contribution is -2.16. The second-order valence-electron chi connectivity index (χ2n) is 7.13. The van der Waals surface area contributed by atoms with Gasteiger partial charge in [0.15, 0.2) is 0 Å². The molecule has 3 rings (SSSR count). The average molecular weight is 363 g/mol. The summed E-state index contributed by atoms with van der Waals surface area (Å²) in [5, 5.41) is 4.82. The lowest BCUT2D eigenvalue weighted by molar-refractivity contribution is 0.244. The minimum Gasteiger partial charge on any atom is -0.473 e. The third kappa shape index (κ3) is 5.50. The van der Waals surface area contributed by atoms with Crippen LogP contribution in [0.25, 0.3) is 0 Å². The molecule has 0 unspecified atom stereocenters. The first-order valence-electron chi connectivity index (χ1n) is 9.50. The van der Waals surface area contributed by atoms with E-state index in [-0.39, 0.29) is 12.4 Å². The van der Waals surface area contributed by atoms with Gasteiger partial charge >= 0.3 is 0 Å². The zero-order chi connectivity index (χ0) is 16.8. The van der Waals surface area contributed by atoms with Crippen molar-refractivity contribution in [2.75, 3.05) is 0 Å². The van der Waals surface area contributed by atoms with Gasteiger partial charge in [0.25, 0.3) is 0 Å². The van der Waals surface area contributed by atoms with Crippen LogP contribution in [-0.2, 0) is 19.6 Å². The molecule has 138 valence electrons. The Kier molecular flexibility index (Phi) is 7.83. The molecule has 0 spiro atoms. The van der Waals surface area contributed by atoms with Crippen LogP contribution in [0, 0.1) is 12.8 Å². The third-order valence-corrected chi connectivity index (χ3v) is 5.09. The molecule has 1 heterocycles. The SMILES string of the molecule is CCCc1cc(OCc2ccccc2C)n(CC2CCCCC2)n1.Cl. The lowest BCUT2D eigenvalue weighted by Gasteiger charge is -2.22. The van der Waals surface area contributed by atoms with E-state index < -0.39 is 0 Å². The van der Waals surface area contributed by atoms with Crippen molar-refractivity contribution in [1.29, 1.82) is 0 Å². The van der Waals surface area contributed by atoms with Gasteiger partial charge in [0.1, 0.15) is 6.61 Å². The van der Waals surface area contributed by atoms with Gasteiger partial charge < -0.3 is 4.74 Å². The van der Waals surface area contributed by atoms with Gasteiger partial charge in [-0.1, -0.05) is 56.9 Å². The molecule has 3 nitrogen and oxygen atoms in total. The van der Waals surface area contributed by atoms with Crippen molar-refractivity contribution >= 4 is 12.4 Å². The van der Waals surface area contributed by atoms with E-state index in [0.29, 0.717) is 6.61 Å². The standard InChI is InChI=1S/C21H30N2O.ClH/c1-3-9-20-14-21(24-16-19-13-8-7-10-17(19)2)23(22-20)15-18-11-5-4-6-12-18;/h7-8,10,13-14,18H,3-6,9,11-12,15-16H2,1-2H3;1H. The zero-order valence-electron chi connectivity index (χ0n) is 15.5. The van der Waals surface area contributed by atoms with Crippen LogP contribution in [-0.4, -0.2) is 9.78 Å². The maximum Gasteiger partial charge on any atom is 0.212 e.